The van der Waals surface area contributed by atoms with Gasteiger partial charge in [-0.05, 0) is 25.0 Å². The second-order valence-corrected chi connectivity index (χ2v) is 6.73. The molecule has 2 aliphatic rings. The SMILES string of the molecule is CN(c1ncccc1C(=O)N1CCOC(C(=O)O)C1)C1CCCCC1. The Morgan fingerprint density at radius 1 is 1.32 bits per heavy atom. The molecule has 0 aromatic carbocycles. The zero-order valence-corrected chi connectivity index (χ0v) is 14.6. The summed E-state index contributed by atoms with van der Waals surface area (Å²) in [5.74, 6) is -0.540. The third-order valence-corrected chi connectivity index (χ3v) is 5.10. The van der Waals surface area contributed by atoms with E-state index in [1.54, 1.807) is 23.2 Å². The number of ether oxygens (including phenoxy) is 1. The summed E-state index contributed by atoms with van der Waals surface area (Å²) < 4.78 is 5.21. The van der Waals surface area contributed by atoms with Crippen LogP contribution in [0.4, 0.5) is 5.82 Å². The Bertz CT molecular complexity index is 631. The van der Waals surface area contributed by atoms with Gasteiger partial charge < -0.3 is 19.6 Å². The first-order chi connectivity index (χ1) is 12.1. The van der Waals surface area contributed by atoms with Crippen molar-refractivity contribution in [2.75, 3.05) is 31.6 Å². The van der Waals surface area contributed by atoms with Gasteiger partial charge in [0.25, 0.3) is 5.91 Å². The van der Waals surface area contributed by atoms with Gasteiger partial charge in [0.2, 0.25) is 0 Å². The number of hydrogen-bond donors (Lipinski definition) is 1. The number of aliphatic carboxylic acids is 1. The van der Waals surface area contributed by atoms with E-state index < -0.39 is 12.1 Å². The lowest BCUT2D eigenvalue weighted by Crippen LogP contribution is -2.49. The molecule has 1 saturated heterocycles. The molecular formula is C18H25N3O4. The van der Waals surface area contributed by atoms with Crippen molar-refractivity contribution < 1.29 is 19.4 Å². The number of nitrogens with zero attached hydrogens (tertiary/aromatic N) is 3. The Morgan fingerprint density at radius 2 is 2.08 bits per heavy atom. The fourth-order valence-corrected chi connectivity index (χ4v) is 3.64. The summed E-state index contributed by atoms with van der Waals surface area (Å²) >= 11 is 0. The van der Waals surface area contributed by atoms with Crippen molar-refractivity contribution in [3.05, 3.63) is 23.9 Å². The summed E-state index contributed by atoms with van der Waals surface area (Å²) in [5, 5.41) is 9.14. The van der Waals surface area contributed by atoms with E-state index >= 15 is 0 Å². The van der Waals surface area contributed by atoms with Crippen LogP contribution in [0.15, 0.2) is 18.3 Å². The Hall–Kier alpha value is -2.15. The van der Waals surface area contributed by atoms with Crippen LogP contribution in [0, 0.1) is 0 Å². The zero-order chi connectivity index (χ0) is 17.8. The lowest BCUT2D eigenvalue weighted by molar-refractivity contribution is -0.154. The van der Waals surface area contributed by atoms with Gasteiger partial charge in [0, 0.05) is 25.8 Å². The van der Waals surface area contributed by atoms with E-state index in [2.05, 4.69) is 9.88 Å². The van der Waals surface area contributed by atoms with Crippen molar-refractivity contribution in [1.29, 1.82) is 0 Å². The van der Waals surface area contributed by atoms with Crippen LogP contribution in [0.1, 0.15) is 42.5 Å². The molecule has 1 aromatic rings. The van der Waals surface area contributed by atoms with Crippen LogP contribution in [-0.2, 0) is 9.53 Å². The molecule has 25 heavy (non-hydrogen) atoms. The summed E-state index contributed by atoms with van der Waals surface area (Å²) in [7, 11) is 1.99. The van der Waals surface area contributed by atoms with Gasteiger partial charge in [-0.25, -0.2) is 9.78 Å². The van der Waals surface area contributed by atoms with Gasteiger partial charge in [-0.15, -0.1) is 0 Å². The summed E-state index contributed by atoms with van der Waals surface area (Å²) in [6.07, 6.45) is 6.63. The molecular weight excluding hydrogens is 322 g/mol. The molecule has 1 aliphatic carbocycles. The average molecular weight is 347 g/mol. The maximum Gasteiger partial charge on any atom is 0.334 e. The molecule has 1 amide bonds. The fourth-order valence-electron chi connectivity index (χ4n) is 3.64. The van der Waals surface area contributed by atoms with Crippen molar-refractivity contribution in [2.45, 2.75) is 44.2 Å². The first-order valence-corrected chi connectivity index (χ1v) is 8.89. The number of carboxylic acids is 1. The lowest BCUT2D eigenvalue weighted by Gasteiger charge is -2.35. The van der Waals surface area contributed by atoms with Gasteiger partial charge in [-0.1, -0.05) is 19.3 Å². The van der Waals surface area contributed by atoms with Gasteiger partial charge >= 0.3 is 5.97 Å². The van der Waals surface area contributed by atoms with Crippen LogP contribution in [-0.4, -0.2) is 65.8 Å². The van der Waals surface area contributed by atoms with Crippen molar-refractivity contribution in [1.82, 2.24) is 9.88 Å². The third kappa shape index (κ3) is 3.92. The highest BCUT2D eigenvalue weighted by Gasteiger charge is 2.31. The van der Waals surface area contributed by atoms with Crippen LogP contribution >= 0.6 is 0 Å². The maximum atomic E-state index is 13.0. The molecule has 0 bridgehead atoms. The molecule has 1 aliphatic heterocycles. The average Bonchev–Trinajstić information content (AvgIpc) is 2.67. The zero-order valence-electron chi connectivity index (χ0n) is 14.6. The minimum Gasteiger partial charge on any atom is -0.479 e. The minimum absolute atomic E-state index is 0.0651. The molecule has 1 aromatic heterocycles. The summed E-state index contributed by atoms with van der Waals surface area (Å²) in [4.78, 5) is 32.3. The molecule has 2 fully saturated rings. The number of pyridine rings is 1. The van der Waals surface area contributed by atoms with Crippen molar-refractivity contribution in [3.63, 3.8) is 0 Å². The molecule has 3 rings (SSSR count). The second kappa shape index (κ2) is 7.82. The Labute approximate surface area is 147 Å². The van der Waals surface area contributed by atoms with Crippen LogP contribution < -0.4 is 4.90 Å². The van der Waals surface area contributed by atoms with E-state index in [-0.39, 0.29) is 19.1 Å². The minimum atomic E-state index is -1.04. The monoisotopic (exact) mass is 347 g/mol. The molecule has 0 spiro atoms. The molecule has 1 N–H and O–H groups in total. The third-order valence-electron chi connectivity index (χ3n) is 5.10. The van der Waals surface area contributed by atoms with E-state index in [1.165, 1.54) is 19.3 Å². The molecule has 1 atom stereocenters. The van der Waals surface area contributed by atoms with Crippen molar-refractivity contribution >= 4 is 17.7 Å². The number of aromatic nitrogens is 1. The first-order valence-electron chi connectivity index (χ1n) is 8.89. The van der Waals surface area contributed by atoms with E-state index in [4.69, 9.17) is 9.84 Å². The molecule has 7 heteroatoms. The fraction of sp³-hybridized carbons (Fsp3) is 0.611. The van der Waals surface area contributed by atoms with Crippen LogP contribution in [0.2, 0.25) is 0 Å². The predicted octanol–water partition coefficient (Wildman–Crippen LogP) is 1.78. The summed E-state index contributed by atoms with van der Waals surface area (Å²) in [5.41, 5.74) is 0.529. The Kier molecular flexibility index (Phi) is 5.53. The van der Waals surface area contributed by atoms with Gasteiger partial charge in [-0.3, -0.25) is 4.79 Å². The van der Waals surface area contributed by atoms with Crippen LogP contribution in [0.25, 0.3) is 0 Å². The highest BCUT2D eigenvalue weighted by molar-refractivity contribution is 5.99. The smallest absolute Gasteiger partial charge is 0.334 e. The molecule has 136 valence electrons. The summed E-state index contributed by atoms with van der Waals surface area (Å²) in [6.45, 7) is 0.691. The maximum absolute atomic E-state index is 13.0. The number of anilines is 1. The van der Waals surface area contributed by atoms with Crippen molar-refractivity contribution in [3.8, 4) is 0 Å². The lowest BCUT2D eigenvalue weighted by atomic mass is 9.94. The van der Waals surface area contributed by atoms with E-state index in [1.807, 2.05) is 7.05 Å². The Balaban J connectivity index is 1.79. The largest absolute Gasteiger partial charge is 0.479 e. The standard InChI is InChI=1S/C18H25N3O4/c1-20(13-6-3-2-4-7-13)16-14(8-5-9-19-16)17(22)21-10-11-25-15(12-21)18(23)24/h5,8-9,13,15H,2-4,6-7,10-12H2,1H3,(H,23,24). The van der Waals surface area contributed by atoms with E-state index in [0.717, 1.165) is 12.8 Å². The Morgan fingerprint density at radius 3 is 2.80 bits per heavy atom. The summed E-state index contributed by atoms with van der Waals surface area (Å²) in [6, 6.07) is 3.92. The highest BCUT2D eigenvalue weighted by atomic mass is 16.5. The number of hydrogen-bond acceptors (Lipinski definition) is 5. The van der Waals surface area contributed by atoms with Gasteiger partial charge in [0.15, 0.2) is 6.10 Å². The number of carboxylic acid groups (broad SMARTS) is 1. The van der Waals surface area contributed by atoms with E-state index in [9.17, 15) is 9.59 Å². The van der Waals surface area contributed by atoms with Gasteiger partial charge in [0.1, 0.15) is 5.82 Å². The quantitative estimate of drug-likeness (QED) is 0.894. The molecule has 1 unspecified atom stereocenters. The predicted molar refractivity (Wildman–Crippen MR) is 92.8 cm³/mol. The van der Waals surface area contributed by atoms with Crippen LogP contribution in [0.3, 0.4) is 0 Å². The number of rotatable bonds is 4. The van der Waals surface area contributed by atoms with E-state index in [0.29, 0.717) is 24.0 Å². The topological polar surface area (TPSA) is 83.0 Å². The first kappa shape index (κ1) is 17.7. The van der Waals surface area contributed by atoms with Crippen molar-refractivity contribution in [2.24, 2.45) is 0 Å². The second-order valence-electron chi connectivity index (χ2n) is 6.73. The van der Waals surface area contributed by atoms with Crippen LogP contribution in [0.5, 0.6) is 0 Å². The number of amides is 1. The number of carbonyl (C=O) groups excluding carboxylic acids is 1. The molecule has 1 saturated carbocycles. The normalized spacial score (nSPS) is 21.8. The highest BCUT2D eigenvalue weighted by Crippen LogP contribution is 2.27. The molecule has 7 nitrogen and oxygen atoms in total. The molecule has 0 radical (unpaired) electrons. The molecule has 2 heterocycles. The number of morpholine rings is 1. The van der Waals surface area contributed by atoms with Gasteiger partial charge in [0.05, 0.1) is 18.7 Å². The number of carbonyl (C=O) groups is 2. The van der Waals surface area contributed by atoms with Gasteiger partial charge in [-0.2, -0.15) is 0 Å².